The van der Waals surface area contributed by atoms with Crippen LogP contribution in [0.4, 0.5) is 0 Å². The Hall–Kier alpha value is -0.650. The topological polar surface area (TPSA) is 54.0 Å². The van der Waals surface area contributed by atoms with E-state index in [1.54, 1.807) is 7.11 Å². The molecule has 0 aromatic rings. The summed E-state index contributed by atoms with van der Waals surface area (Å²) in [6.07, 6.45) is 3.38. The highest BCUT2D eigenvalue weighted by molar-refractivity contribution is 5.70. The Morgan fingerprint density at radius 2 is 1.77 bits per heavy atom. The van der Waals surface area contributed by atoms with Crippen LogP contribution < -0.4 is 0 Å². The summed E-state index contributed by atoms with van der Waals surface area (Å²) in [6.45, 7) is 8.61. The Bertz CT molecular complexity index is 305. The molecule has 130 valence electrons. The van der Waals surface area contributed by atoms with Crippen LogP contribution >= 0.6 is 0 Å². The zero-order chi connectivity index (χ0) is 16.4. The summed E-state index contributed by atoms with van der Waals surface area (Å²) in [5, 5.41) is 0. The fourth-order valence-corrected chi connectivity index (χ4v) is 2.97. The van der Waals surface area contributed by atoms with Crippen LogP contribution in [0.15, 0.2) is 0 Å². The maximum Gasteiger partial charge on any atom is 0.332 e. The molecule has 0 N–H and O–H groups in total. The minimum Gasteiger partial charge on any atom is -0.460 e. The second-order valence-electron chi connectivity index (χ2n) is 6.51. The lowest BCUT2D eigenvalue weighted by molar-refractivity contribution is -0.161. The number of methoxy groups -OCH3 is 1. The van der Waals surface area contributed by atoms with Crippen molar-refractivity contribution < 1.29 is 23.7 Å². The molecule has 0 aromatic heterocycles. The SMILES string of the molecule is COCCOCCOCC(=O)O[C@H]1C[C@H](C)CCC1C(C)C. The van der Waals surface area contributed by atoms with Crippen LogP contribution in [-0.4, -0.2) is 52.2 Å². The van der Waals surface area contributed by atoms with Gasteiger partial charge >= 0.3 is 5.97 Å². The van der Waals surface area contributed by atoms with Crippen molar-refractivity contribution >= 4 is 5.97 Å². The van der Waals surface area contributed by atoms with Crippen LogP contribution in [0.5, 0.6) is 0 Å². The van der Waals surface area contributed by atoms with Crippen LogP contribution in [-0.2, 0) is 23.7 Å². The molecule has 1 unspecified atom stereocenters. The highest BCUT2D eigenvalue weighted by atomic mass is 16.6. The molecule has 0 bridgehead atoms. The third-order valence-electron chi connectivity index (χ3n) is 4.27. The van der Waals surface area contributed by atoms with Gasteiger partial charge in [-0.2, -0.15) is 0 Å². The van der Waals surface area contributed by atoms with Crippen molar-refractivity contribution in [3.05, 3.63) is 0 Å². The first-order valence-electron chi connectivity index (χ1n) is 8.38. The van der Waals surface area contributed by atoms with Crippen LogP contribution in [0.1, 0.15) is 40.0 Å². The lowest BCUT2D eigenvalue weighted by Gasteiger charge is -2.36. The normalized spacial score (nSPS) is 25.4. The average Bonchev–Trinajstić information content (AvgIpc) is 2.46. The van der Waals surface area contributed by atoms with E-state index in [0.29, 0.717) is 44.2 Å². The molecule has 5 nitrogen and oxygen atoms in total. The van der Waals surface area contributed by atoms with Gasteiger partial charge in [0.05, 0.1) is 26.4 Å². The lowest BCUT2D eigenvalue weighted by atomic mass is 9.75. The van der Waals surface area contributed by atoms with E-state index in [0.717, 1.165) is 12.8 Å². The molecule has 1 aliphatic rings. The van der Waals surface area contributed by atoms with Gasteiger partial charge in [0.1, 0.15) is 12.7 Å². The van der Waals surface area contributed by atoms with E-state index in [1.807, 2.05) is 0 Å². The predicted octanol–water partition coefficient (Wildman–Crippen LogP) is 2.67. The van der Waals surface area contributed by atoms with E-state index < -0.39 is 0 Å². The van der Waals surface area contributed by atoms with E-state index in [4.69, 9.17) is 18.9 Å². The molecule has 0 radical (unpaired) electrons. The number of carbonyl (C=O) groups excluding carboxylic acids is 1. The van der Waals surface area contributed by atoms with Crippen LogP contribution in [0, 0.1) is 17.8 Å². The van der Waals surface area contributed by atoms with Gasteiger partial charge in [-0.05, 0) is 30.6 Å². The molecular weight excluding hydrogens is 284 g/mol. The Morgan fingerprint density at radius 1 is 1.09 bits per heavy atom. The molecule has 0 amide bonds. The van der Waals surface area contributed by atoms with Crippen LogP contribution in [0.2, 0.25) is 0 Å². The van der Waals surface area contributed by atoms with Gasteiger partial charge in [-0.25, -0.2) is 4.79 Å². The minimum atomic E-state index is -0.262. The molecule has 5 heteroatoms. The lowest BCUT2D eigenvalue weighted by Crippen LogP contribution is -2.36. The molecule has 0 aromatic carbocycles. The summed E-state index contributed by atoms with van der Waals surface area (Å²) in [6, 6.07) is 0. The van der Waals surface area contributed by atoms with E-state index in [1.165, 1.54) is 6.42 Å². The van der Waals surface area contributed by atoms with Gasteiger partial charge in [0.25, 0.3) is 0 Å². The van der Waals surface area contributed by atoms with Gasteiger partial charge in [-0.15, -0.1) is 0 Å². The molecule has 1 fully saturated rings. The summed E-state index contributed by atoms with van der Waals surface area (Å²) in [5.74, 6) is 1.38. The van der Waals surface area contributed by atoms with Crippen molar-refractivity contribution in [1.29, 1.82) is 0 Å². The Balaban J connectivity index is 2.19. The quantitative estimate of drug-likeness (QED) is 0.458. The van der Waals surface area contributed by atoms with Crippen molar-refractivity contribution in [2.24, 2.45) is 17.8 Å². The summed E-state index contributed by atoms with van der Waals surface area (Å²) < 4.78 is 21.1. The molecule has 1 aliphatic carbocycles. The third-order valence-corrected chi connectivity index (χ3v) is 4.27. The van der Waals surface area contributed by atoms with Crippen LogP contribution in [0.3, 0.4) is 0 Å². The minimum absolute atomic E-state index is 0.00331. The zero-order valence-corrected chi connectivity index (χ0v) is 14.5. The number of esters is 1. The second-order valence-corrected chi connectivity index (χ2v) is 6.51. The number of hydrogen-bond donors (Lipinski definition) is 0. The fraction of sp³-hybridized carbons (Fsp3) is 0.941. The maximum absolute atomic E-state index is 11.9. The highest BCUT2D eigenvalue weighted by Crippen LogP contribution is 2.35. The third kappa shape index (κ3) is 7.56. The number of rotatable bonds is 10. The molecular formula is C17H32O5. The molecule has 3 atom stereocenters. The largest absolute Gasteiger partial charge is 0.460 e. The van der Waals surface area contributed by atoms with Gasteiger partial charge in [0.15, 0.2) is 0 Å². The first-order valence-corrected chi connectivity index (χ1v) is 8.38. The Labute approximate surface area is 134 Å². The van der Waals surface area contributed by atoms with E-state index in [2.05, 4.69) is 20.8 Å². The molecule has 0 saturated heterocycles. The van der Waals surface area contributed by atoms with Crippen molar-refractivity contribution in [2.75, 3.05) is 40.1 Å². The highest BCUT2D eigenvalue weighted by Gasteiger charge is 2.33. The van der Waals surface area contributed by atoms with E-state index in [9.17, 15) is 4.79 Å². The maximum atomic E-state index is 11.9. The van der Waals surface area contributed by atoms with Gasteiger partial charge in [-0.3, -0.25) is 0 Å². The summed E-state index contributed by atoms with van der Waals surface area (Å²) in [5.41, 5.74) is 0. The molecule has 1 rings (SSSR count). The summed E-state index contributed by atoms with van der Waals surface area (Å²) in [7, 11) is 1.63. The predicted molar refractivity (Wildman–Crippen MR) is 84.7 cm³/mol. The van der Waals surface area contributed by atoms with Gasteiger partial charge < -0.3 is 18.9 Å². The standard InChI is InChI=1S/C17H32O5/c1-13(2)15-6-5-14(3)11-16(15)22-17(18)12-21-10-9-20-8-7-19-4/h13-16H,5-12H2,1-4H3/t14-,15?,16+/m1/s1. The number of ether oxygens (including phenoxy) is 4. The van der Waals surface area contributed by atoms with E-state index >= 15 is 0 Å². The van der Waals surface area contributed by atoms with Gasteiger partial charge in [-0.1, -0.05) is 27.2 Å². The zero-order valence-electron chi connectivity index (χ0n) is 14.5. The number of hydrogen-bond acceptors (Lipinski definition) is 5. The fourth-order valence-electron chi connectivity index (χ4n) is 2.97. The van der Waals surface area contributed by atoms with Crippen molar-refractivity contribution in [1.82, 2.24) is 0 Å². The molecule has 0 aliphatic heterocycles. The first-order chi connectivity index (χ1) is 10.5. The van der Waals surface area contributed by atoms with Crippen molar-refractivity contribution in [3.8, 4) is 0 Å². The monoisotopic (exact) mass is 316 g/mol. The number of carbonyl (C=O) groups is 1. The Morgan fingerprint density at radius 3 is 2.45 bits per heavy atom. The first kappa shape index (κ1) is 19.4. The molecule has 0 spiro atoms. The molecule has 1 saturated carbocycles. The molecule has 22 heavy (non-hydrogen) atoms. The Kier molecular flexibility index (Phi) is 9.68. The van der Waals surface area contributed by atoms with Crippen LogP contribution in [0.25, 0.3) is 0 Å². The van der Waals surface area contributed by atoms with Gasteiger partial charge in [0.2, 0.25) is 0 Å². The van der Waals surface area contributed by atoms with Crippen molar-refractivity contribution in [2.45, 2.75) is 46.1 Å². The van der Waals surface area contributed by atoms with Gasteiger partial charge in [0, 0.05) is 7.11 Å². The van der Waals surface area contributed by atoms with E-state index in [-0.39, 0.29) is 18.7 Å². The molecule has 0 heterocycles. The smallest absolute Gasteiger partial charge is 0.332 e. The second kappa shape index (κ2) is 11.0. The average molecular weight is 316 g/mol. The summed E-state index contributed by atoms with van der Waals surface area (Å²) in [4.78, 5) is 11.9. The summed E-state index contributed by atoms with van der Waals surface area (Å²) >= 11 is 0. The van der Waals surface area contributed by atoms with Crippen molar-refractivity contribution in [3.63, 3.8) is 0 Å².